The summed E-state index contributed by atoms with van der Waals surface area (Å²) in [5, 5.41) is 3.11. The average molecular weight is 356 g/mol. The van der Waals surface area contributed by atoms with Crippen LogP contribution < -0.4 is 5.32 Å². The van der Waals surface area contributed by atoms with Gasteiger partial charge >= 0.3 is 6.18 Å². The molecule has 0 unspecified atom stereocenters. The highest BCUT2D eigenvalue weighted by Gasteiger charge is 2.32. The van der Waals surface area contributed by atoms with Gasteiger partial charge in [0.2, 0.25) is 0 Å². The van der Waals surface area contributed by atoms with Gasteiger partial charge in [-0.3, -0.25) is 0 Å². The first-order valence-electron chi connectivity index (χ1n) is 6.29. The number of nitrogens with one attached hydrogen (secondary N) is 1. The largest absolute Gasteiger partial charge is 0.416 e. The quantitative estimate of drug-likeness (QED) is 0.753. The van der Waals surface area contributed by atoms with Crippen molar-refractivity contribution in [1.29, 1.82) is 0 Å². The molecule has 21 heavy (non-hydrogen) atoms. The number of hydrogen-bond acceptors (Lipinski definition) is 1. The van der Waals surface area contributed by atoms with Crippen LogP contribution in [0.3, 0.4) is 0 Å². The fourth-order valence-corrected chi connectivity index (χ4v) is 2.10. The van der Waals surface area contributed by atoms with Gasteiger partial charge in [-0.1, -0.05) is 46.3 Å². The van der Waals surface area contributed by atoms with Crippen molar-refractivity contribution >= 4 is 27.7 Å². The van der Waals surface area contributed by atoms with E-state index in [0.717, 1.165) is 16.2 Å². The summed E-state index contributed by atoms with van der Waals surface area (Å²) in [6.45, 7) is 0.452. The zero-order valence-corrected chi connectivity index (χ0v) is 12.6. The molecular weight excluding hydrogens is 343 g/mol. The first-order chi connectivity index (χ1) is 9.97. The van der Waals surface area contributed by atoms with E-state index >= 15 is 0 Å². The maximum Gasteiger partial charge on any atom is 0.416 e. The molecule has 2 rings (SSSR count). The van der Waals surface area contributed by atoms with Gasteiger partial charge in [-0.15, -0.1) is 0 Å². The molecule has 2 aromatic rings. The third-order valence-corrected chi connectivity index (χ3v) is 3.36. The van der Waals surface area contributed by atoms with Crippen LogP contribution in [0.15, 0.2) is 59.1 Å². The van der Waals surface area contributed by atoms with Crippen LogP contribution in [0.4, 0.5) is 18.9 Å². The number of alkyl halides is 3. The summed E-state index contributed by atoms with van der Waals surface area (Å²) in [5.74, 6) is 0. The maximum absolute atomic E-state index is 12.8. The van der Waals surface area contributed by atoms with Crippen LogP contribution in [0.25, 0.3) is 6.08 Å². The molecule has 0 aliphatic carbocycles. The van der Waals surface area contributed by atoms with Crippen molar-refractivity contribution in [3.63, 3.8) is 0 Å². The van der Waals surface area contributed by atoms with Gasteiger partial charge in [0.05, 0.1) is 5.56 Å². The second kappa shape index (κ2) is 6.80. The molecule has 0 atom stereocenters. The Kier molecular flexibility index (Phi) is 5.07. The molecule has 0 amide bonds. The molecule has 0 saturated heterocycles. The Morgan fingerprint density at radius 2 is 1.67 bits per heavy atom. The summed E-state index contributed by atoms with van der Waals surface area (Å²) in [6, 6.07) is 13.1. The van der Waals surface area contributed by atoms with Crippen LogP contribution in [0, 0.1) is 0 Å². The lowest BCUT2D eigenvalue weighted by molar-refractivity contribution is -0.137. The number of rotatable bonds is 4. The van der Waals surface area contributed by atoms with E-state index in [2.05, 4.69) is 21.2 Å². The zero-order chi connectivity index (χ0) is 15.3. The average Bonchev–Trinajstić information content (AvgIpc) is 2.45. The van der Waals surface area contributed by atoms with Crippen molar-refractivity contribution in [3.05, 3.63) is 70.2 Å². The summed E-state index contributed by atoms with van der Waals surface area (Å²) in [5.41, 5.74) is 0.458. The zero-order valence-electron chi connectivity index (χ0n) is 11.0. The highest BCUT2D eigenvalue weighted by Crippen LogP contribution is 2.32. The molecule has 0 heterocycles. The van der Waals surface area contributed by atoms with E-state index in [0.29, 0.717) is 6.54 Å². The van der Waals surface area contributed by atoms with Crippen LogP contribution in [-0.4, -0.2) is 6.54 Å². The van der Waals surface area contributed by atoms with Gasteiger partial charge in [-0.2, -0.15) is 13.2 Å². The third-order valence-electron chi connectivity index (χ3n) is 2.83. The van der Waals surface area contributed by atoms with Crippen molar-refractivity contribution in [2.45, 2.75) is 6.18 Å². The minimum absolute atomic E-state index is 0.169. The normalized spacial score (nSPS) is 11.8. The van der Waals surface area contributed by atoms with Crippen LogP contribution >= 0.6 is 15.9 Å². The second-order valence-electron chi connectivity index (χ2n) is 4.38. The standard InChI is InChI=1S/C16H13BrF3N/c17-13-7-9-14(10-8-13)21-11-3-5-12-4-1-2-6-15(12)16(18,19)20/h1-10,21H,11H2/b5-3+. The predicted molar refractivity (Wildman–Crippen MR) is 83.1 cm³/mol. The van der Waals surface area contributed by atoms with Crippen molar-refractivity contribution in [1.82, 2.24) is 0 Å². The summed E-state index contributed by atoms with van der Waals surface area (Å²) >= 11 is 3.34. The molecule has 0 fully saturated rings. The molecule has 2 aromatic carbocycles. The lowest BCUT2D eigenvalue weighted by Crippen LogP contribution is -2.07. The van der Waals surface area contributed by atoms with E-state index in [1.54, 1.807) is 12.1 Å². The molecule has 0 radical (unpaired) electrons. The first-order valence-corrected chi connectivity index (χ1v) is 7.08. The highest BCUT2D eigenvalue weighted by atomic mass is 79.9. The van der Waals surface area contributed by atoms with Crippen LogP contribution in [-0.2, 0) is 6.18 Å². The van der Waals surface area contributed by atoms with Crippen molar-refractivity contribution in [2.24, 2.45) is 0 Å². The van der Waals surface area contributed by atoms with Gasteiger partial charge in [-0.05, 0) is 35.9 Å². The van der Waals surface area contributed by atoms with Crippen LogP contribution in [0.1, 0.15) is 11.1 Å². The predicted octanol–water partition coefficient (Wildman–Crippen LogP) is 5.59. The maximum atomic E-state index is 12.8. The van der Waals surface area contributed by atoms with E-state index < -0.39 is 11.7 Å². The van der Waals surface area contributed by atoms with Gasteiger partial charge < -0.3 is 5.32 Å². The molecule has 5 heteroatoms. The molecule has 0 spiro atoms. The monoisotopic (exact) mass is 355 g/mol. The molecule has 1 nitrogen and oxygen atoms in total. The molecule has 1 N–H and O–H groups in total. The van der Waals surface area contributed by atoms with E-state index in [-0.39, 0.29) is 5.56 Å². The Balaban J connectivity index is 2.00. The Morgan fingerprint density at radius 3 is 2.33 bits per heavy atom. The van der Waals surface area contributed by atoms with Crippen LogP contribution in [0.5, 0.6) is 0 Å². The van der Waals surface area contributed by atoms with Gasteiger partial charge in [-0.25, -0.2) is 0 Å². The van der Waals surface area contributed by atoms with Gasteiger partial charge in [0.15, 0.2) is 0 Å². The summed E-state index contributed by atoms with van der Waals surface area (Å²) in [4.78, 5) is 0. The Hall–Kier alpha value is -1.75. The fraction of sp³-hybridized carbons (Fsp3) is 0.125. The Labute approximate surface area is 129 Å². The number of benzene rings is 2. The molecule has 0 bridgehead atoms. The molecule has 0 aliphatic rings. The minimum Gasteiger partial charge on any atom is -0.382 e. The molecule has 0 aliphatic heterocycles. The Bertz CT molecular complexity index is 618. The molecule has 110 valence electrons. The van der Waals surface area contributed by atoms with E-state index in [9.17, 15) is 13.2 Å². The van der Waals surface area contributed by atoms with Crippen molar-refractivity contribution < 1.29 is 13.2 Å². The fourth-order valence-electron chi connectivity index (χ4n) is 1.83. The van der Waals surface area contributed by atoms with E-state index in [4.69, 9.17) is 0 Å². The summed E-state index contributed by atoms with van der Waals surface area (Å²) in [7, 11) is 0. The first kappa shape index (κ1) is 15.6. The smallest absolute Gasteiger partial charge is 0.382 e. The Morgan fingerprint density at radius 1 is 1.00 bits per heavy atom. The number of hydrogen-bond donors (Lipinski definition) is 1. The highest BCUT2D eigenvalue weighted by molar-refractivity contribution is 9.10. The minimum atomic E-state index is -4.33. The van der Waals surface area contributed by atoms with E-state index in [1.165, 1.54) is 18.2 Å². The molecule has 0 saturated carbocycles. The van der Waals surface area contributed by atoms with Crippen molar-refractivity contribution in [2.75, 3.05) is 11.9 Å². The van der Waals surface area contributed by atoms with E-state index in [1.807, 2.05) is 24.3 Å². The topological polar surface area (TPSA) is 12.0 Å². The number of halogens is 4. The van der Waals surface area contributed by atoms with Gasteiger partial charge in [0, 0.05) is 16.7 Å². The third kappa shape index (κ3) is 4.63. The summed E-state index contributed by atoms with van der Waals surface area (Å²) in [6.07, 6.45) is -1.18. The second-order valence-corrected chi connectivity index (χ2v) is 5.29. The lowest BCUT2D eigenvalue weighted by atomic mass is 10.1. The van der Waals surface area contributed by atoms with Gasteiger partial charge in [0.25, 0.3) is 0 Å². The van der Waals surface area contributed by atoms with Gasteiger partial charge in [0.1, 0.15) is 0 Å². The van der Waals surface area contributed by atoms with Crippen molar-refractivity contribution in [3.8, 4) is 0 Å². The lowest BCUT2D eigenvalue weighted by Gasteiger charge is -2.09. The number of anilines is 1. The summed E-state index contributed by atoms with van der Waals surface area (Å²) < 4.78 is 39.4. The van der Waals surface area contributed by atoms with Crippen LogP contribution in [0.2, 0.25) is 0 Å². The molecule has 0 aromatic heterocycles. The SMILES string of the molecule is FC(F)(F)c1ccccc1/C=C/CNc1ccc(Br)cc1. The molecular formula is C16H13BrF3N.